The Bertz CT molecular complexity index is 952. The maximum Gasteiger partial charge on any atom is 0.309 e. The molecule has 1 N–H and O–H groups in total. The summed E-state index contributed by atoms with van der Waals surface area (Å²) < 4.78 is 18.4. The van der Waals surface area contributed by atoms with Crippen molar-refractivity contribution in [2.24, 2.45) is 5.92 Å². The molecule has 0 spiro atoms. The first kappa shape index (κ1) is 23.2. The van der Waals surface area contributed by atoms with Crippen LogP contribution in [0.2, 0.25) is 0 Å². The molecule has 8 heteroatoms. The van der Waals surface area contributed by atoms with Crippen molar-refractivity contribution in [3.63, 3.8) is 0 Å². The van der Waals surface area contributed by atoms with Gasteiger partial charge in [0.15, 0.2) is 6.10 Å². The van der Waals surface area contributed by atoms with Crippen LogP contribution >= 0.6 is 0 Å². The Kier molecular flexibility index (Phi) is 7.45. The predicted octanol–water partition coefficient (Wildman–Crippen LogP) is 3.31. The first-order valence-electron chi connectivity index (χ1n) is 10.6. The van der Waals surface area contributed by atoms with Gasteiger partial charge in [0.2, 0.25) is 0 Å². The van der Waals surface area contributed by atoms with Gasteiger partial charge in [0.1, 0.15) is 5.82 Å². The zero-order chi connectivity index (χ0) is 23.3. The third-order valence-corrected chi connectivity index (χ3v) is 5.52. The van der Waals surface area contributed by atoms with Gasteiger partial charge in [-0.05, 0) is 68.3 Å². The van der Waals surface area contributed by atoms with E-state index in [9.17, 15) is 18.8 Å². The maximum atomic E-state index is 13.1. The van der Waals surface area contributed by atoms with Gasteiger partial charge in [0.25, 0.3) is 11.8 Å². The van der Waals surface area contributed by atoms with E-state index in [1.807, 2.05) is 31.1 Å². The summed E-state index contributed by atoms with van der Waals surface area (Å²) in [7, 11) is 3.86. The molecule has 7 nitrogen and oxygen atoms in total. The molecule has 0 aromatic heterocycles. The van der Waals surface area contributed by atoms with Gasteiger partial charge in [-0.3, -0.25) is 14.4 Å². The van der Waals surface area contributed by atoms with Gasteiger partial charge in [0, 0.05) is 44.1 Å². The molecule has 1 heterocycles. The van der Waals surface area contributed by atoms with E-state index in [0.717, 1.165) is 5.69 Å². The summed E-state index contributed by atoms with van der Waals surface area (Å²) in [4.78, 5) is 41.0. The van der Waals surface area contributed by atoms with Crippen molar-refractivity contribution in [3.05, 3.63) is 59.9 Å². The number of nitrogens with zero attached hydrogens (tertiary/aromatic N) is 2. The van der Waals surface area contributed by atoms with Crippen molar-refractivity contribution in [1.82, 2.24) is 4.90 Å². The van der Waals surface area contributed by atoms with Crippen LogP contribution in [0, 0.1) is 11.7 Å². The second-order valence-corrected chi connectivity index (χ2v) is 8.08. The lowest BCUT2D eigenvalue weighted by molar-refractivity contribution is -0.158. The third-order valence-electron chi connectivity index (χ3n) is 5.52. The zero-order valence-electron chi connectivity index (χ0n) is 18.5. The molecule has 1 saturated heterocycles. The van der Waals surface area contributed by atoms with E-state index in [1.165, 1.54) is 31.2 Å². The lowest BCUT2D eigenvalue weighted by atomic mass is 9.96. The van der Waals surface area contributed by atoms with Crippen molar-refractivity contribution >= 4 is 29.2 Å². The lowest BCUT2D eigenvalue weighted by Crippen LogP contribution is -2.41. The van der Waals surface area contributed by atoms with E-state index in [-0.39, 0.29) is 11.8 Å². The van der Waals surface area contributed by atoms with Crippen molar-refractivity contribution in [2.45, 2.75) is 25.9 Å². The molecule has 1 aliphatic heterocycles. The zero-order valence-corrected chi connectivity index (χ0v) is 18.5. The molecule has 1 aliphatic rings. The molecule has 170 valence electrons. The van der Waals surface area contributed by atoms with E-state index in [1.54, 1.807) is 17.0 Å². The molecule has 32 heavy (non-hydrogen) atoms. The van der Waals surface area contributed by atoms with Gasteiger partial charge in [-0.2, -0.15) is 0 Å². The summed E-state index contributed by atoms with van der Waals surface area (Å²) in [5, 5.41) is 2.75. The van der Waals surface area contributed by atoms with Crippen LogP contribution < -0.4 is 10.2 Å². The van der Waals surface area contributed by atoms with Crippen LogP contribution in [0.1, 0.15) is 30.1 Å². The molecular formula is C24H28FN3O4. The van der Waals surface area contributed by atoms with E-state index in [4.69, 9.17) is 4.74 Å². The van der Waals surface area contributed by atoms with E-state index < -0.39 is 23.8 Å². The molecule has 1 atom stereocenters. The molecule has 0 aliphatic carbocycles. The fourth-order valence-electron chi connectivity index (χ4n) is 3.50. The normalized spacial score (nSPS) is 15.1. The summed E-state index contributed by atoms with van der Waals surface area (Å²) in [6, 6.07) is 12.7. The topological polar surface area (TPSA) is 78.9 Å². The van der Waals surface area contributed by atoms with Crippen LogP contribution in [0.15, 0.2) is 48.5 Å². The van der Waals surface area contributed by atoms with Crippen molar-refractivity contribution in [3.8, 4) is 0 Å². The Morgan fingerprint density at radius 1 is 1.03 bits per heavy atom. The van der Waals surface area contributed by atoms with Gasteiger partial charge in [-0.25, -0.2) is 4.39 Å². The molecule has 1 fully saturated rings. The van der Waals surface area contributed by atoms with E-state index in [0.29, 0.717) is 37.2 Å². The van der Waals surface area contributed by atoms with Crippen molar-refractivity contribution < 1.29 is 23.5 Å². The number of benzene rings is 2. The van der Waals surface area contributed by atoms with Gasteiger partial charge < -0.3 is 19.9 Å². The Morgan fingerprint density at radius 3 is 2.19 bits per heavy atom. The Hall–Kier alpha value is -3.42. The van der Waals surface area contributed by atoms with E-state index >= 15 is 0 Å². The first-order chi connectivity index (χ1) is 15.2. The highest BCUT2D eigenvalue weighted by atomic mass is 19.1. The average molecular weight is 442 g/mol. The number of piperidine rings is 1. The standard InChI is InChI=1S/C24H28FN3O4/c1-16(22(29)26-20-8-10-21(11-9-20)27(2)3)32-24(31)18-12-14-28(15-13-18)23(30)17-4-6-19(25)7-5-17/h4-11,16,18H,12-15H2,1-3H3,(H,26,29). The molecule has 0 saturated carbocycles. The molecule has 2 amide bonds. The number of halogens is 1. The number of esters is 1. The van der Waals surface area contributed by atoms with Gasteiger partial charge in [0.05, 0.1) is 5.92 Å². The quantitative estimate of drug-likeness (QED) is 0.696. The minimum Gasteiger partial charge on any atom is -0.452 e. The second kappa shape index (κ2) is 10.3. The number of hydrogen-bond donors (Lipinski definition) is 1. The number of rotatable bonds is 6. The molecule has 0 radical (unpaired) electrons. The third kappa shape index (κ3) is 5.84. The Labute approximate surface area is 187 Å². The van der Waals surface area contributed by atoms with Gasteiger partial charge in [-0.1, -0.05) is 0 Å². The second-order valence-electron chi connectivity index (χ2n) is 8.08. The molecule has 2 aromatic rings. The van der Waals surface area contributed by atoms with Crippen LogP contribution in [-0.4, -0.2) is 56.0 Å². The minimum atomic E-state index is -0.935. The monoisotopic (exact) mass is 441 g/mol. The van der Waals surface area contributed by atoms with E-state index in [2.05, 4.69) is 5.32 Å². The van der Waals surface area contributed by atoms with Crippen LogP contribution in [0.5, 0.6) is 0 Å². The fraction of sp³-hybridized carbons (Fsp3) is 0.375. The average Bonchev–Trinajstić information content (AvgIpc) is 2.79. The number of carbonyl (C=O) groups excluding carboxylic acids is 3. The fourth-order valence-corrected chi connectivity index (χ4v) is 3.50. The number of likely N-dealkylation sites (tertiary alicyclic amines) is 1. The predicted molar refractivity (Wildman–Crippen MR) is 120 cm³/mol. The number of ether oxygens (including phenoxy) is 1. The largest absolute Gasteiger partial charge is 0.452 e. The lowest BCUT2D eigenvalue weighted by Gasteiger charge is -2.31. The molecular weight excluding hydrogens is 413 g/mol. The molecule has 0 bridgehead atoms. The summed E-state index contributed by atoms with van der Waals surface area (Å²) >= 11 is 0. The minimum absolute atomic E-state index is 0.190. The van der Waals surface area contributed by atoms with Crippen LogP contribution in [0.3, 0.4) is 0 Å². The number of anilines is 2. The van der Waals surface area contributed by atoms with Crippen molar-refractivity contribution in [1.29, 1.82) is 0 Å². The molecule has 1 unspecified atom stereocenters. The first-order valence-corrected chi connectivity index (χ1v) is 10.6. The SMILES string of the molecule is CC(OC(=O)C1CCN(C(=O)c2ccc(F)cc2)CC1)C(=O)Nc1ccc(N(C)C)cc1. The van der Waals surface area contributed by atoms with Crippen LogP contribution in [-0.2, 0) is 14.3 Å². The summed E-state index contributed by atoms with van der Waals surface area (Å²) in [6.07, 6.45) is -0.0343. The smallest absolute Gasteiger partial charge is 0.309 e. The highest BCUT2D eigenvalue weighted by Crippen LogP contribution is 2.22. The molecule has 2 aromatic carbocycles. The highest BCUT2D eigenvalue weighted by Gasteiger charge is 2.30. The van der Waals surface area contributed by atoms with Gasteiger partial charge >= 0.3 is 5.97 Å². The summed E-state index contributed by atoms with van der Waals surface area (Å²) in [6.45, 7) is 2.33. The Balaban J connectivity index is 1.47. The van der Waals surface area contributed by atoms with Crippen molar-refractivity contribution in [2.75, 3.05) is 37.4 Å². The summed E-state index contributed by atoms with van der Waals surface area (Å²) in [5.41, 5.74) is 2.04. The number of carbonyl (C=O) groups is 3. The number of hydrogen-bond acceptors (Lipinski definition) is 5. The number of amides is 2. The van der Waals surface area contributed by atoms with Crippen LogP contribution in [0.4, 0.5) is 15.8 Å². The number of nitrogens with one attached hydrogen (secondary N) is 1. The summed E-state index contributed by atoms with van der Waals surface area (Å²) in [5.74, 6) is -1.80. The highest BCUT2D eigenvalue weighted by molar-refractivity contribution is 5.95. The maximum absolute atomic E-state index is 13.1. The van der Waals surface area contributed by atoms with Gasteiger partial charge in [-0.15, -0.1) is 0 Å². The van der Waals surface area contributed by atoms with Crippen LogP contribution in [0.25, 0.3) is 0 Å². The Morgan fingerprint density at radius 2 is 1.62 bits per heavy atom. The molecule has 3 rings (SSSR count).